The predicted octanol–water partition coefficient (Wildman–Crippen LogP) is 4.19. The fourth-order valence-electron chi connectivity index (χ4n) is 5.74. The molecule has 2 aliphatic rings. The van der Waals surface area contributed by atoms with E-state index in [0.717, 1.165) is 64.2 Å². The molecule has 7 nitrogen and oxygen atoms in total. The van der Waals surface area contributed by atoms with Gasteiger partial charge in [-0.05, 0) is 66.8 Å². The molecule has 1 spiro atoms. The van der Waals surface area contributed by atoms with Gasteiger partial charge in [-0.25, -0.2) is 0 Å². The monoisotopic (exact) mass is 487 g/mol. The number of carbonyl (C=O) groups is 1. The van der Waals surface area contributed by atoms with Crippen molar-refractivity contribution in [1.82, 2.24) is 24.6 Å². The highest BCUT2D eigenvalue weighted by Gasteiger charge is 2.37. The number of ether oxygens (including phenoxy) is 1. The molecule has 2 aromatic heterocycles. The summed E-state index contributed by atoms with van der Waals surface area (Å²) in [6.07, 6.45) is 14.1. The summed E-state index contributed by atoms with van der Waals surface area (Å²) in [5.41, 5.74) is 2.75. The van der Waals surface area contributed by atoms with Crippen molar-refractivity contribution in [2.75, 3.05) is 32.8 Å². The number of hydrogen-bond donors (Lipinski definition) is 0. The summed E-state index contributed by atoms with van der Waals surface area (Å²) in [5, 5.41) is 4.20. The average molecular weight is 488 g/mol. The smallest absolute Gasteiger partial charge is 0.244 e. The van der Waals surface area contributed by atoms with Gasteiger partial charge in [-0.1, -0.05) is 30.7 Å². The molecule has 0 bridgehead atoms. The highest BCUT2D eigenvalue weighted by atomic mass is 16.5. The molecule has 0 aliphatic carbocycles. The Kier molecular flexibility index (Phi) is 7.96. The van der Waals surface area contributed by atoms with Gasteiger partial charge in [0.25, 0.3) is 0 Å². The number of amides is 1. The number of pyridine rings is 1. The summed E-state index contributed by atoms with van der Waals surface area (Å²) >= 11 is 0. The normalized spacial score (nSPS) is 19.1. The van der Waals surface area contributed by atoms with E-state index < -0.39 is 0 Å². The van der Waals surface area contributed by atoms with Crippen molar-refractivity contribution in [3.05, 3.63) is 78.4 Å². The predicted molar refractivity (Wildman–Crippen MR) is 139 cm³/mol. The SMILES string of the molecule is O=C(Cn1cccn1)N1CCC2(CCCCc3ccccc3OCCN(Cc3cccnc3)C2)CC1. The van der Waals surface area contributed by atoms with Gasteiger partial charge >= 0.3 is 0 Å². The quantitative estimate of drug-likeness (QED) is 0.552. The van der Waals surface area contributed by atoms with Crippen LogP contribution < -0.4 is 4.74 Å². The Morgan fingerprint density at radius 2 is 1.86 bits per heavy atom. The molecule has 0 atom stereocenters. The van der Waals surface area contributed by atoms with Gasteiger partial charge in [-0.15, -0.1) is 0 Å². The third kappa shape index (κ3) is 6.32. The van der Waals surface area contributed by atoms with E-state index in [-0.39, 0.29) is 11.3 Å². The Hall–Kier alpha value is -3.19. The highest BCUT2D eigenvalue weighted by molar-refractivity contribution is 5.76. The molecular formula is C29H37N5O2. The molecule has 1 amide bonds. The van der Waals surface area contributed by atoms with Gasteiger partial charge < -0.3 is 9.64 Å². The zero-order chi connectivity index (χ0) is 24.6. The molecule has 36 heavy (non-hydrogen) atoms. The van der Waals surface area contributed by atoms with Crippen LogP contribution >= 0.6 is 0 Å². The molecule has 5 rings (SSSR count). The van der Waals surface area contributed by atoms with Crippen LogP contribution in [0.15, 0.2) is 67.3 Å². The maximum absolute atomic E-state index is 12.9. The van der Waals surface area contributed by atoms with Gasteiger partial charge in [0, 0.05) is 57.5 Å². The van der Waals surface area contributed by atoms with Crippen molar-refractivity contribution < 1.29 is 9.53 Å². The van der Waals surface area contributed by atoms with E-state index in [9.17, 15) is 4.79 Å². The molecule has 7 heteroatoms. The molecule has 0 saturated carbocycles. The molecule has 1 aromatic carbocycles. The lowest BCUT2D eigenvalue weighted by atomic mass is 9.73. The maximum Gasteiger partial charge on any atom is 0.244 e. The van der Waals surface area contributed by atoms with E-state index in [1.54, 1.807) is 10.9 Å². The van der Waals surface area contributed by atoms with Crippen LogP contribution in [-0.4, -0.2) is 63.3 Å². The fourth-order valence-corrected chi connectivity index (χ4v) is 5.74. The van der Waals surface area contributed by atoms with Crippen LogP contribution in [0.25, 0.3) is 0 Å². The van der Waals surface area contributed by atoms with E-state index >= 15 is 0 Å². The topological polar surface area (TPSA) is 63.5 Å². The van der Waals surface area contributed by atoms with Crippen LogP contribution in [0.4, 0.5) is 0 Å². The fraction of sp³-hybridized carbons (Fsp3) is 0.483. The number of fused-ring (bicyclic) bond motifs is 1. The average Bonchev–Trinajstić information content (AvgIpc) is 3.41. The summed E-state index contributed by atoms with van der Waals surface area (Å²) in [6.45, 7) is 5.38. The lowest BCUT2D eigenvalue weighted by molar-refractivity contribution is -0.134. The van der Waals surface area contributed by atoms with Gasteiger partial charge in [0.1, 0.15) is 18.9 Å². The van der Waals surface area contributed by atoms with Gasteiger partial charge in [0.05, 0.1) is 0 Å². The van der Waals surface area contributed by atoms with Crippen LogP contribution in [0.5, 0.6) is 5.75 Å². The molecule has 0 radical (unpaired) electrons. The largest absolute Gasteiger partial charge is 0.492 e. The van der Waals surface area contributed by atoms with Crippen LogP contribution in [0, 0.1) is 5.41 Å². The second kappa shape index (κ2) is 11.7. The number of benzene rings is 1. The Bertz CT molecular complexity index is 1090. The Labute approximate surface area is 214 Å². The minimum absolute atomic E-state index is 0.166. The lowest BCUT2D eigenvalue weighted by Crippen LogP contribution is -2.49. The number of hydrogen-bond acceptors (Lipinski definition) is 5. The number of carbonyl (C=O) groups excluding carboxylic acids is 1. The minimum Gasteiger partial charge on any atom is -0.492 e. The third-order valence-electron chi connectivity index (χ3n) is 7.76. The van der Waals surface area contributed by atoms with Crippen molar-refractivity contribution in [2.45, 2.75) is 51.6 Å². The van der Waals surface area contributed by atoms with Gasteiger partial charge in [-0.2, -0.15) is 5.10 Å². The standard InChI is InChI=1S/C29H37N5O2/c35-28(23-34-16-6-15-31-34)33-17-12-29(13-18-33)11-4-3-9-26-8-1-2-10-27(26)36-20-19-32(24-29)22-25-7-5-14-30-21-25/h1-2,5-8,10,14-16,21H,3-4,9,11-13,17-20,22-24H2. The Balaban J connectivity index is 1.30. The molecule has 2 aliphatic heterocycles. The van der Waals surface area contributed by atoms with E-state index in [1.807, 2.05) is 35.6 Å². The number of nitrogens with zero attached hydrogens (tertiary/aromatic N) is 5. The summed E-state index contributed by atoms with van der Waals surface area (Å²) < 4.78 is 8.00. The van der Waals surface area contributed by atoms with E-state index in [2.05, 4.69) is 45.3 Å². The molecule has 190 valence electrons. The number of piperidine rings is 1. The van der Waals surface area contributed by atoms with Crippen molar-refractivity contribution in [3.63, 3.8) is 0 Å². The van der Waals surface area contributed by atoms with E-state index in [4.69, 9.17) is 4.74 Å². The summed E-state index contributed by atoms with van der Waals surface area (Å²) in [4.78, 5) is 21.8. The first-order valence-electron chi connectivity index (χ1n) is 13.3. The summed E-state index contributed by atoms with van der Waals surface area (Å²) in [6, 6.07) is 14.5. The molecule has 1 saturated heterocycles. The van der Waals surface area contributed by atoms with Crippen molar-refractivity contribution >= 4 is 5.91 Å². The van der Waals surface area contributed by atoms with Crippen LogP contribution in [-0.2, 0) is 24.3 Å². The molecule has 0 N–H and O–H groups in total. The highest BCUT2D eigenvalue weighted by Crippen LogP contribution is 2.38. The number of para-hydroxylation sites is 1. The maximum atomic E-state index is 12.9. The second-order valence-corrected chi connectivity index (χ2v) is 10.3. The number of aryl methyl sites for hydroxylation is 1. The van der Waals surface area contributed by atoms with Gasteiger partial charge in [0.15, 0.2) is 0 Å². The molecule has 0 unspecified atom stereocenters. The number of likely N-dealkylation sites (tertiary alicyclic amines) is 1. The summed E-state index contributed by atoms with van der Waals surface area (Å²) in [7, 11) is 0. The number of aromatic nitrogens is 3. The van der Waals surface area contributed by atoms with Crippen LogP contribution in [0.1, 0.15) is 43.2 Å². The van der Waals surface area contributed by atoms with Crippen molar-refractivity contribution in [3.8, 4) is 5.75 Å². The van der Waals surface area contributed by atoms with E-state index in [1.165, 1.54) is 24.0 Å². The zero-order valence-electron chi connectivity index (χ0n) is 21.1. The Morgan fingerprint density at radius 1 is 0.972 bits per heavy atom. The van der Waals surface area contributed by atoms with E-state index in [0.29, 0.717) is 13.2 Å². The van der Waals surface area contributed by atoms with Gasteiger partial charge in [-0.3, -0.25) is 19.4 Å². The zero-order valence-corrected chi connectivity index (χ0v) is 21.1. The first-order chi connectivity index (χ1) is 17.7. The minimum atomic E-state index is 0.166. The Morgan fingerprint density at radius 3 is 2.67 bits per heavy atom. The summed E-state index contributed by atoms with van der Waals surface area (Å²) in [5.74, 6) is 1.19. The lowest BCUT2D eigenvalue weighted by Gasteiger charge is -2.45. The first-order valence-corrected chi connectivity index (χ1v) is 13.3. The first kappa shape index (κ1) is 24.5. The number of rotatable bonds is 4. The van der Waals surface area contributed by atoms with Crippen LogP contribution in [0.3, 0.4) is 0 Å². The van der Waals surface area contributed by atoms with Gasteiger partial charge in [0.2, 0.25) is 5.91 Å². The molecule has 3 aromatic rings. The van der Waals surface area contributed by atoms with Crippen LogP contribution in [0.2, 0.25) is 0 Å². The second-order valence-electron chi connectivity index (χ2n) is 10.3. The van der Waals surface area contributed by atoms with Crippen molar-refractivity contribution in [2.24, 2.45) is 5.41 Å². The molecular weight excluding hydrogens is 450 g/mol. The van der Waals surface area contributed by atoms with Crippen molar-refractivity contribution in [1.29, 1.82) is 0 Å². The molecule has 4 heterocycles. The third-order valence-corrected chi connectivity index (χ3v) is 7.76. The molecule has 1 fully saturated rings.